The molecule has 0 saturated heterocycles. The number of rotatable bonds is 2. The van der Waals surface area contributed by atoms with Crippen molar-refractivity contribution in [2.75, 3.05) is 0 Å². The van der Waals surface area contributed by atoms with E-state index >= 15 is 0 Å². The van der Waals surface area contributed by atoms with E-state index in [2.05, 4.69) is 4.98 Å². The molecule has 0 aromatic carbocycles. The van der Waals surface area contributed by atoms with Crippen molar-refractivity contribution in [1.82, 2.24) is 4.98 Å². The van der Waals surface area contributed by atoms with Gasteiger partial charge in [-0.25, -0.2) is 0 Å². The molecular weight excluding hydrogens is 205 g/mol. The van der Waals surface area contributed by atoms with E-state index in [1.807, 2.05) is 0 Å². The third kappa shape index (κ3) is 2.28. The predicted molar refractivity (Wildman–Crippen MR) is 48.9 cm³/mol. The Labute approximate surface area is 85.3 Å². The highest BCUT2D eigenvalue weighted by Crippen LogP contribution is 2.40. The lowest BCUT2D eigenvalue weighted by Crippen LogP contribution is -2.15. The lowest BCUT2D eigenvalue weighted by atomic mass is 10.0. The van der Waals surface area contributed by atoms with Crippen LogP contribution in [0.2, 0.25) is 0 Å². The van der Waals surface area contributed by atoms with Crippen LogP contribution in [0.3, 0.4) is 0 Å². The summed E-state index contributed by atoms with van der Waals surface area (Å²) in [6.07, 6.45) is -1.21. The topological polar surface area (TPSA) is 38.9 Å². The van der Waals surface area contributed by atoms with Crippen LogP contribution in [0.1, 0.15) is 30.1 Å². The van der Waals surface area contributed by atoms with Gasteiger partial charge >= 0.3 is 6.18 Å². The molecule has 82 valence electrons. The fourth-order valence-electron chi connectivity index (χ4n) is 1.54. The van der Waals surface area contributed by atoms with Gasteiger partial charge in [0.25, 0.3) is 0 Å². The number of nitrogens with two attached hydrogens (primary N) is 1. The number of halogens is 3. The normalized spacial score (nSPS) is 18.9. The minimum absolute atomic E-state index is 0.283. The van der Waals surface area contributed by atoms with E-state index in [-0.39, 0.29) is 6.04 Å². The Bertz CT molecular complexity index is 358. The molecule has 1 unspecified atom stereocenters. The van der Waals surface area contributed by atoms with Crippen LogP contribution in [0, 0.1) is 5.92 Å². The third-order valence-corrected chi connectivity index (χ3v) is 2.59. The quantitative estimate of drug-likeness (QED) is 0.824. The Balaban J connectivity index is 2.25. The summed E-state index contributed by atoms with van der Waals surface area (Å²) in [5.41, 5.74) is 5.48. The summed E-state index contributed by atoms with van der Waals surface area (Å²) in [7, 11) is 0. The van der Waals surface area contributed by atoms with Gasteiger partial charge in [0.1, 0.15) is 5.69 Å². The minimum atomic E-state index is -4.39. The van der Waals surface area contributed by atoms with Crippen LogP contribution in [0.15, 0.2) is 18.3 Å². The molecular formula is C10H11F3N2. The molecule has 1 atom stereocenters. The molecule has 2 rings (SSSR count). The number of pyridine rings is 1. The van der Waals surface area contributed by atoms with Crippen molar-refractivity contribution in [1.29, 1.82) is 0 Å². The summed E-state index contributed by atoms with van der Waals surface area (Å²) in [6.45, 7) is 0. The van der Waals surface area contributed by atoms with Crippen LogP contribution in [0.4, 0.5) is 13.2 Å². The highest BCUT2D eigenvalue weighted by molar-refractivity contribution is 5.23. The Kier molecular flexibility index (Phi) is 2.42. The second-order valence-corrected chi connectivity index (χ2v) is 3.84. The van der Waals surface area contributed by atoms with Crippen molar-refractivity contribution in [3.63, 3.8) is 0 Å². The fourth-order valence-corrected chi connectivity index (χ4v) is 1.54. The van der Waals surface area contributed by atoms with Crippen molar-refractivity contribution in [3.05, 3.63) is 29.6 Å². The van der Waals surface area contributed by atoms with E-state index in [1.54, 1.807) is 6.07 Å². The van der Waals surface area contributed by atoms with Gasteiger partial charge in [0.05, 0.1) is 0 Å². The Hall–Kier alpha value is -1.10. The summed E-state index contributed by atoms with van der Waals surface area (Å²) >= 11 is 0. The molecule has 1 aliphatic rings. The highest BCUT2D eigenvalue weighted by Gasteiger charge is 2.34. The maximum absolute atomic E-state index is 12.3. The van der Waals surface area contributed by atoms with Crippen molar-refractivity contribution < 1.29 is 13.2 Å². The number of alkyl halides is 3. The first-order valence-corrected chi connectivity index (χ1v) is 4.77. The second kappa shape index (κ2) is 3.48. The zero-order chi connectivity index (χ0) is 11.1. The monoisotopic (exact) mass is 216 g/mol. The highest BCUT2D eigenvalue weighted by atomic mass is 19.4. The molecule has 2 nitrogen and oxygen atoms in total. The molecule has 0 radical (unpaired) electrons. The molecule has 5 heteroatoms. The summed E-state index contributed by atoms with van der Waals surface area (Å²) in [6, 6.07) is 2.32. The van der Waals surface area contributed by atoms with Crippen molar-refractivity contribution in [2.24, 2.45) is 11.7 Å². The van der Waals surface area contributed by atoms with Gasteiger partial charge in [-0.2, -0.15) is 13.2 Å². The van der Waals surface area contributed by atoms with Gasteiger partial charge in [-0.1, -0.05) is 0 Å². The Morgan fingerprint density at radius 3 is 2.60 bits per heavy atom. The number of aromatic nitrogens is 1. The number of hydrogen-bond acceptors (Lipinski definition) is 2. The third-order valence-electron chi connectivity index (χ3n) is 2.59. The molecule has 2 N–H and O–H groups in total. The minimum Gasteiger partial charge on any atom is -0.324 e. The Morgan fingerprint density at radius 1 is 1.40 bits per heavy atom. The lowest BCUT2D eigenvalue weighted by molar-refractivity contribution is -0.141. The molecule has 1 fully saturated rings. The molecule has 1 aromatic heterocycles. The Morgan fingerprint density at radius 2 is 2.07 bits per heavy atom. The van der Waals surface area contributed by atoms with Gasteiger partial charge in [0, 0.05) is 12.2 Å². The molecule has 1 aromatic rings. The van der Waals surface area contributed by atoms with E-state index in [4.69, 9.17) is 5.73 Å². The van der Waals surface area contributed by atoms with Gasteiger partial charge in [-0.3, -0.25) is 4.98 Å². The van der Waals surface area contributed by atoms with Gasteiger partial charge in [-0.05, 0) is 36.5 Å². The fraction of sp³-hybridized carbons (Fsp3) is 0.500. The molecule has 1 aliphatic carbocycles. The van der Waals surface area contributed by atoms with Crippen LogP contribution in [0.25, 0.3) is 0 Å². The molecule has 0 amide bonds. The van der Waals surface area contributed by atoms with E-state index in [0.717, 1.165) is 18.9 Å². The van der Waals surface area contributed by atoms with Crippen LogP contribution >= 0.6 is 0 Å². The first-order chi connectivity index (χ1) is 6.98. The maximum Gasteiger partial charge on any atom is 0.433 e. The predicted octanol–water partition coefficient (Wildman–Crippen LogP) is 2.51. The van der Waals surface area contributed by atoms with Gasteiger partial charge in [-0.15, -0.1) is 0 Å². The largest absolute Gasteiger partial charge is 0.433 e. The standard InChI is InChI=1S/C10H11F3N2/c11-10(12,13)8-5-7(3-4-15-8)9(14)6-1-2-6/h3-6,9H,1-2,14H2. The smallest absolute Gasteiger partial charge is 0.324 e. The van der Waals surface area contributed by atoms with E-state index in [1.165, 1.54) is 6.20 Å². The first kappa shape index (κ1) is 10.4. The van der Waals surface area contributed by atoms with Crippen molar-refractivity contribution in [3.8, 4) is 0 Å². The number of hydrogen-bond donors (Lipinski definition) is 1. The average molecular weight is 216 g/mol. The SMILES string of the molecule is NC(c1ccnc(C(F)(F)F)c1)C1CC1. The van der Waals surface area contributed by atoms with Crippen molar-refractivity contribution in [2.45, 2.75) is 25.1 Å². The van der Waals surface area contributed by atoms with Crippen LogP contribution in [0.5, 0.6) is 0 Å². The summed E-state index contributed by atoms with van der Waals surface area (Å²) in [4.78, 5) is 3.29. The van der Waals surface area contributed by atoms with Crippen LogP contribution < -0.4 is 5.73 Å². The lowest BCUT2D eigenvalue weighted by Gasteiger charge is -2.12. The molecule has 1 heterocycles. The summed E-state index contributed by atoms with van der Waals surface area (Å²) < 4.78 is 37.0. The van der Waals surface area contributed by atoms with Gasteiger partial charge in [0.15, 0.2) is 0 Å². The second-order valence-electron chi connectivity index (χ2n) is 3.84. The van der Waals surface area contributed by atoms with E-state index in [0.29, 0.717) is 11.5 Å². The van der Waals surface area contributed by atoms with E-state index < -0.39 is 11.9 Å². The maximum atomic E-state index is 12.3. The molecule has 0 bridgehead atoms. The summed E-state index contributed by atoms with van der Waals surface area (Å²) in [5, 5.41) is 0. The van der Waals surface area contributed by atoms with Gasteiger partial charge in [0.2, 0.25) is 0 Å². The molecule has 0 spiro atoms. The molecule has 1 saturated carbocycles. The zero-order valence-corrected chi connectivity index (χ0v) is 7.96. The zero-order valence-electron chi connectivity index (χ0n) is 7.96. The first-order valence-electron chi connectivity index (χ1n) is 4.77. The van der Waals surface area contributed by atoms with Crippen LogP contribution in [-0.2, 0) is 6.18 Å². The van der Waals surface area contributed by atoms with Crippen molar-refractivity contribution >= 4 is 0 Å². The average Bonchev–Trinajstić information content (AvgIpc) is 2.99. The van der Waals surface area contributed by atoms with Gasteiger partial charge < -0.3 is 5.73 Å². The summed E-state index contributed by atoms with van der Waals surface area (Å²) in [5.74, 6) is 0.341. The molecule has 15 heavy (non-hydrogen) atoms. The van der Waals surface area contributed by atoms with E-state index in [9.17, 15) is 13.2 Å². The van der Waals surface area contributed by atoms with Crippen LogP contribution in [-0.4, -0.2) is 4.98 Å². The number of nitrogens with zero attached hydrogens (tertiary/aromatic N) is 1. The molecule has 0 aliphatic heterocycles.